The molecular weight excluding hydrogens is 237 g/mol. The zero-order valence-corrected chi connectivity index (χ0v) is 11.1. The van der Waals surface area contributed by atoms with E-state index in [1.807, 2.05) is 25.1 Å². The molecule has 1 N–H and O–H groups in total. The Bertz CT molecular complexity index is 588. The molecule has 2 heteroatoms. The maximum absolute atomic E-state index is 13.8. The van der Waals surface area contributed by atoms with Gasteiger partial charge in [0.05, 0.1) is 0 Å². The molecule has 0 atom stereocenters. The fourth-order valence-electron chi connectivity index (χ4n) is 2.37. The van der Waals surface area contributed by atoms with Crippen LogP contribution in [0.3, 0.4) is 0 Å². The summed E-state index contributed by atoms with van der Waals surface area (Å²) in [5.74, 6) is -0.158. The Kier molecular flexibility index (Phi) is 3.34. The van der Waals surface area contributed by atoms with Crippen LogP contribution in [-0.2, 0) is 6.54 Å². The van der Waals surface area contributed by atoms with Crippen molar-refractivity contribution in [3.63, 3.8) is 0 Å². The molecule has 2 aromatic rings. The third kappa shape index (κ3) is 2.85. The number of hydrogen-bond donors (Lipinski definition) is 1. The van der Waals surface area contributed by atoms with Crippen LogP contribution in [0.15, 0.2) is 42.5 Å². The molecule has 1 aliphatic rings. The van der Waals surface area contributed by atoms with Crippen molar-refractivity contribution in [2.45, 2.75) is 32.4 Å². The first-order valence-corrected chi connectivity index (χ1v) is 6.82. The highest BCUT2D eigenvalue weighted by Crippen LogP contribution is 2.27. The summed E-state index contributed by atoms with van der Waals surface area (Å²) in [6.45, 7) is 2.95. The fourth-order valence-corrected chi connectivity index (χ4v) is 2.37. The SMILES string of the molecule is Cc1cc(CNC2CC2)ccc1-c1ccccc1F. The average Bonchev–Trinajstić information content (AvgIpc) is 3.22. The molecule has 0 radical (unpaired) electrons. The van der Waals surface area contributed by atoms with Crippen molar-refractivity contribution in [3.05, 3.63) is 59.4 Å². The van der Waals surface area contributed by atoms with Gasteiger partial charge < -0.3 is 5.32 Å². The Hall–Kier alpha value is -1.67. The van der Waals surface area contributed by atoms with Crippen LogP contribution >= 0.6 is 0 Å². The van der Waals surface area contributed by atoms with E-state index in [9.17, 15) is 4.39 Å². The van der Waals surface area contributed by atoms with Crippen molar-refractivity contribution in [2.75, 3.05) is 0 Å². The van der Waals surface area contributed by atoms with E-state index < -0.39 is 0 Å². The Balaban J connectivity index is 1.84. The van der Waals surface area contributed by atoms with Crippen molar-refractivity contribution in [3.8, 4) is 11.1 Å². The molecule has 1 nitrogen and oxygen atoms in total. The Morgan fingerprint density at radius 3 is 2.58 bits per heavy atom. The van der Waals surface area contributed by atoms with Crippen LogP contribution in [0.25, 0.3) is 11.1 Å². The normalized spacial score (nSPS) is 14.6. The molecule has 0 unspecified atom stereocenters. The molecule has 0 saturated heterocycles. The molecule has 2 aromatic carbocycles. The molecule has 0 amide bonds. The van der Waals surface area contributed by atoms with Gasteiger partial charge in [-0.1, -0.05) is 36.4 Å². The van der Waals surface area contributed by atoms with Gasteiger partial charge in [-0.25, -0.2) is 4.39 Å². The van der Waals surface area contributed by atoms with E-state index in [0.717, 1.165) is 17.7 Å². The quantitative estimate of drug-likeness (QED) is 0.869. The van der Waals surface area contributed by atoms with Gasteiger partial charge in [0.1, 0.15) is 5.82 Å². The van der Waals surface area contributed by atoms with Gasteiger partial charge in [-0.3, -0.25) is 0 Å². The standard InChI is InChI=1S/C17H18FN/c1-12-10-13(11-19-14-7-8-14)6-9-15(12)16-4-2-3-5-17(16)18/h2-6,9-10,14,19H,7-8,11H2,1H3. The summed E-state index contributed by atoms with van der Waals surface area (Å²) in [6, 6.07) is 13.9. The lowest BCUT2D eigenvalue weighted by Crippen LogP contribution is -2.15. The van der Waals surface area contributed by atoms with Crippen molar-refractivity contribution < 1.29 is 4.39 Å². The summed E-state index contributed by atoms with van der Waals surface area (Å²) in [5.41, 5.74) is 4.06. The molecule has 0 aromatic heterocycles. The molecule has 98 valence electrons. The van der Waals surface area contributed by atoms with E-state index in [0.29, 0.717) is 11.6 Å². The number of halogens is 1. The van der Waals surface area contributed by atoms with Crippen LogP contribution in [-0.4, -0.2) is 6.04 Å². The summed E-state index contributed by atoms with van der Waals surface area (Å²) in [5, 5.41) is 3.50. The van der Waals surface area contributed by atoms with Crippen molar-refractivity contribution in [1.82, 2.24) is 5.32 Å². The minimum atomic E-state index is -0.158. The van der Waals surface area contributed by atoms with Gasteiger partial charge in [0.25, 0.3) is 0 Å². The summed E-state index contributed by atoms with van der Waals surface area (Å²) >= 11 is 0. The highest BCUT2D eigenvalue weighted by Gasteiger charge is 2.20. The lowest BCUT2D eigenvalue weighted by molar-refractivity contribution is 0.631. The summed E-state index contributed by atoms with van der Waals surface area (Å²) < 4.78 is 13.8. The predicted octanol–water partition coefficient (Wildman–Crippen LogP) is 4.05. The minimum Gasteiger partial charge on any atom is -0.310 e. The molecule has 0 spiro atoms. The Morgan fingerprint density at radius 2 is 1.89 bits per heavy atom. The van der Waals surface area contributed by atoms with Gasteiger partial charge in [-0.15, -0.1) is 0 Å². The van der Waals surface area contributed by atoms with Gasteiger partial charge >= 0.3 is 0 Å². The molecule has 0 aliphatic heterocycles. The van der Waals surface area contributed by atoms with Crippen LogP contribution in [0, 0.1) is 12.7 Å². The van der Waals surface area contributed by atoms with Gasteiger partial charge in [-0.2, -0.15) is 0 Å². The van der Waals surface area contributed by atoms with Crippen molar-refractivity contribution in [1.29, 1.82) is 0 Å². The maximum Gasteiger partial charge on any atom is 0.131 e. The molecule has 3 rings (SSSR count). The summed E-state index contributed by atoms with van der Waals surface area (Å²) in [7, 11) is 0. The first kappa shape index (κ1) is 12.4. The maximum atomic E-state index is 13.8. The average molecular weight is 255 g/mol. The van der Waals surface area contributed by atoms with E-state index in [1.165, 1.54) is 24.5 Å². The molecule has 19 heavy (non-hydrogen) atoms. The van der Waals surface area contributed by atoms with Crippen LogP contribution in [0.4, 0.5) is 4.39 Å². The summed E-state index contributed by atoms with van der Waals surface area (Å²) in [6.07, 6.45) is 2.60. The van der Waals surface area contributed by atoms with Crippen molar-refractivity contribution >= 4 is 0 Å². The lowest BCUT2D eigenvalue weighted by atomic mass is 9.98. The number of aryl methyl sites for hydroxylation is 1. The van der Waals surface area contributed by atoms with E-state index in [4.69, 9.17) is 0 Å². The second kappa shape index (κ2) is 5.14. The fraction of sp³-hybridized carbons (Fsp3) is 0.294. The lowest BCUT2D eigenvalue weighted by Gasteiger charge is -2.10. The van der Waals surface area contributed by atoms with Crippen LogP contribution < -0.4 is 5.32 Å². The highest BCUT2D eigenvalue weighted by molar-refractivity contribution is 5.68. The first-order valence-electron chi connectivity index (χ1n) is 6.82. The zero-order chi connectivity index (χ0) is 13.2. The summed E-state index contributed by atoms with van der Waals surface area (Å²) in [4.78, 5) is 0. The number of rotatable bonds is 4. The minimum absolute atomic E-state index is 0.158. The molecule has 0 heterocycles. The monoisotopic (exact) mass is 255 g/mol. The second-order valence-corrected chi connectivity index (χ2v) is 5.28. The predicted molar refractivity (Wildman–Crippen MR) is 76.4 cm³/mol. The van der Waals surface area contributed by atoms with Gasteiger partial charge in [-0.05, 0) is 42.5 Å². The molecular formula is C17H18FN. The number of hydrogen-bond acceptors (Lipinski definition) is 1. The Morgan fingerprint density at radius 1 is 1.11 bits per heavy atom. The molecule has 1 fully saturated rings. The van der Waals surface area contributed by atoms with Crippen LogP contribution in [0.1, 0.15) is 24.0 Å². The van der Waals surface area contributed by atoms with E-state index >= 15 is 0 Å². The van der Waals surface area contributed by atoms with E-state index in [2.05, 4.69) is 17.4 Å². The highest BCUT2D eigenvalue weighted by atomic mass is 19.1. The van der Waals surface area contributed by atoms with E-state index in [1.54, 1.807) is 6.07 Å². The molecule has 1 aliphatic carbocycles. The first-order chi connectivity index (χ1) is 9.24. The van der Waals surface area contributed by atoms with Gasteiger partial charge in [0.2, 0.25) is 0 Å². The zero-order valence-electron chi connectivity index (χ0n) is 11.1. The number of benzene rings is 2. The van der Waals surface area contributed by atoms with Crippen LogP contribution in [0.5, 0.6) is 0 Å². The third-order valence-electron chi connectivity index (χ3n) is 3.63. The smallest absolute Gasteiger partial charge is 0.131 e. The molecule has 0 bridgehead atoms. The topological polar surface area (TPSA) is 12.0 Å². The number of nitrogens with one attached hydrogen (secondary N) is 1. The molecule has 1 saturated carbocycles. The van der Waals surface area contributed by atoms with Crippen molar-refractivity contribution in [2.24, 2.45) is 0 Å². The van der Waals surface area contributed by atoms with Crippen LogP contribution in [0.2, 0.25) is 0 Å². The Labute approximate surface area is 113 Å². The third-order valence-corrected chi connectivity index (χ3v) is 3.63. The largest absolute Gasteiger partial charge is 0.310 e. The van der Waals surface area contributed by atoms with E-state index in [-0.39, 0.29) is 5.82 Å². The second-order valence-electron chi connectivity index (χ2n) is 5.28. The van der Waals surface area contributed by atoms with Gasteiger partial charge in [0, 0.05) is 18.2 Å². The van der Waals surface area contributed by atoms with Gasteiger partial charge in [0.15, 0.2) is 0 Å².